The number of rotatable bonds is 27. The predicted octanol–water partition coefficient (Wildman–Crippen LogP) is 0.214. The molecule has 1 N–H and O–H groups in total. The van der Waals surface area contributed by atoms with Gasteiger partial charge in [0.15, 0.2) is 6.23 Å². The lowest BCUT2D eigenvalue weighted by Gasteiger charge is -2.16. The Morgan fingerprint density at radius 1 is 0.705 bits per heavy atom. The van der Waals surface area contributed by atoms with Crippen LogP contribution in [-0.2, 0) is 52.1 Å². The van der Waals surface area contributed by atoms with Crippen LogP contribution in [0.2, 0.25) is 0 Å². The molecule has 0 unspecified atom stereocenters. The van der Waals surface area contributed by atoms with E-state index >= 15 is 0 Å². The van der Waals surface area contributed by atoms with Gasteiger partial charge in [-0.05, 0) is 13.0 Å². The molecule has 252 valence electrons. The zero-order valence-corrected chi connectivity index (χ0v) is 25.6. The lowest BCUT2D eigenvalue weighted by atomic mass is 10.3. The number of ether oxygens (including phenoxy) is 11. The molecule has 1 aromatic rings. The van der Waals surface area contributed by atoms with E-state index < -0.39 is 29.7 Å². The second-order valence-corrected chi connectivity index (χ2v) is 9.12. The number of hydrogen-bond acceptors (Lipinski definition) is 14. The van der Waals surface area contributed by atoms with Crippen LogP contribution in [0.1, 0.15) is 11.8 Å². The fourth-order valence-electron chi connectivity index (χ4n) is 3.46. The molecule has 0 saturated heterocycles. The second-order valence-electron chi connectivity index (χ2n) is 9.12. The largest absolute Gasteiger partial charge is 0.508 e. The van der Waals surface area contributed by atoms with Crippen molar-refractivity contribution in [2.24, 2.45) is 0 Å². The second kappa shape index (κ2) is 24.6. The van der Waals surface area contributed by atoms with Crippen LogP contribution in [0.5, 0.6) is 0 Å². The van der Waals surface area contributed by atoms with E-state index in [0.29, 0.717) is 98.1 Å². The van der Waals surface area contributed by atoms with Crippen molar-refractivity contribution in [1.82, 2.24) is 9.55 Å². The first-order valence-corrected chi connectivity index (χ1v) is 14.5. The monoisotopic (exact) mass is 634 g/mol. The smallest absolute Gasteiger partial charge is 0.432 e. The molecular formula is C28H46N2O14. The van der Waals surface area contributed by atoms with Gasteiger partial charge < -0.3 is 52.1 Å². The lowest BCUT2D eigenvalue weighted by molar-refractivity contribution is -0.0357. The number of carbonyl (C=O) groups is 1. The third kappa shape index (κ3) is 17.6. The molecular weight excluding hydrogens is 588 g/mol. The lowest BCUT2D eigenvalue weighted by Crippen LogP contribution is -2.33. The molecule has 16 heteroatoms. The number of aryl methyl sites for hydroxylation is 1. The van der Waals surface area contributed by atoms with Crippen molar-refractivity contribution in [3.05, 3.63) is 44.8 Å². The summed E-state index contributed by atoms with van der Waals surface area (Å²) in [6.45, 7) is 8.35. The summed E-state index contributed by atoms with van der Waals surface area (Å²) in [5.74, 6) is 0. The minimum Gasteiger partial charge on any atom is -0.432 e. The summed E-state index contributed by atoms with van der Waals surface area (Å²) in [6.07, 6.45) is 2.57. The Kier molecular flexibility index (Phi) is 21.0. The maximum Gasteiger partial charge on any atom is 0.508 e. The molecule has 44 heavy (non-hydrogen) atoms. The average molecular weight is 635 g/mol. The Morgan fingerprint density at radius 2 is 1.16 bits per heavy atom. The number of hydrogen-bond donors (Lipinski definition) is 1. The zero-order valence-electron chi connectivity index (χ0n) is 25.6. The van der Waals surface area contributed by atoms with E-state index in [1.165, 1.54) is 10.8 Å². The van der Waals surface area contributed by atoms with Crippen LogP contribution in [0.25, 0.3) is 0 Å². The average Bonchev–Trinajstić information content (AvgIpc) is 3.49. The predicted molar refractivity (Wildman–Crippen MR) is 154 cm³/mol. The molecule has 0 bridgehead atoms. The van der Waals surface area contributed by atoms with Gasteiger partial charge in [0, 0.05) is 18.9 Å². The number of carbonyl (C=O) groups excluding carboxylic acids is 1. The molecule has 2 heterocycles. The van der Waals surface area contributed by atoms with Gasteiger partial charge in [-0.2, -0.15) is 0 Å². The van der Waals surface area contributed by atoms with Crippen molar-refractivity contribution in [1.29, 1.82) is 0 Å². The number of nitrogens with one attached hydrogen (secondary N) is 1. The molecule has 2 atom stereocenters. The van der Waals surface area contributed by atoms with Crippen LogP contribution in [-0.4, -0.2) is 141 Å². The molecule has 2 rings (SSSR count). The van der Waals surface area contributed by atoms with Crippen LogP contribution in [0, 0.1) is 6.92 Å². The summed E-state index contributed by atoms with van der Waals surface area (Å²) in [5.41, 5.74) is -0.674. The fraction of sp³-hybridized carbons (Fsp3) is 0.750. The Bertz CT molecular complexity index is 1030. The molecule has 1 aromatic heterocycles. The van der Waals surface area contributed by atoms with Gasteiger partial charge >= 0.3 is 11.8 Å². The van der Waals surface area contributed by atoms with E-state index in [0.717, 1.165) is 0 Å². The first kappa shape index (κ1) is 37.5. The molecule has 1 aliphatic heterocycles. The van der Waals surface area contributed by atoms with Crippen molar-refractivity contribution in [2.75, 3.05) is 119 Å². The van der Waals surface area contributed by atoms with Gasteiger partial charge in [-0.15, -0.1) is 0 Å². The van der Waals surface area contributed by atoms with Gasteiger partial charge in [0.2, 0.25) is 0 Å². The van der Waals surface area contributed by atoms with Gasteiger partial charge in [-0.25, -0.2) is 9.59 Å². The van der Waals surface area contributed by atoms with Gasteiger partial charge in [-0.1, -0.05) is 6.08 Å². The first-order valence-electron chi connectivity index (χ1n) is 14.5. The molecule has 16 nitrogen and oxygen atoms in total. The van der Waals surface area contributed by atoms with E-state index in [4.69, 9.17) is 52.1 Å². The summed E-state index contributed by atoms with van der Waals surface area (Å²) in [4.78, 5) is 37.5. The molecule has 0 amide bonds. The maximum atomic E-state index is 12.0. The SMILES string of the molecule is COCCOCCOCCOCCOCCOCCOCCOCCOC(=O)OC[C@@H]1C=C[C@H](n2cc(C)c(=O)[nH]c2=O)O1. The quantitative estimate of drug-likeness (QED) is 0.0790. The molecule has 0 saturated carbocycles. The van der Waals surface area contributed by atoms with Crippen molar-refractivity contribution in [3.8, 4) is 0 Å². The Morgan fingerprint density at radius 3 is 1.64 bits per heavy atom. The van der Waals surface area contributed by atoms with Gasteiger partial charge in [0.05, 0.1) is 99.1 Å². The number of nitrogens with zero attached hydrogens (tertiary/aromatic N) is 1. The van der Waals surface area contributed by atoms with Crippen LogP contribution >= 0.6 is 0 Å². The summed E-state index contributed by atoms with van der Waals surface area (Å²) >= 11 is 0. The fourth-order valence-corrected chi connectivity index (χ4v) is 3.46. The van der Waals surface area contributed by atoms with E-state index in [9.17, 15) is 14.4 Å². The van der Waals surface area contributed by atoms with Crippen molar-refractivity contribution >= 4 is 6.16 Å². The Hall–Kier alpha value is -2.67. The van der Waals surface area contributed by atoms with Crippen LogP contribution in [0.3, 0.4) is 0 Å². The summed E-state index contributed by atoms with van der Waals surface area (Å²) < 4.78 is 59.5. The number of aromatic amines is 1. The number of H-pyrrole nitrogens is 1. The maximum absolute atomic E-state index is 12.0. The van der Waals surface area contributed by atoms with E-state index in [1.54, 1.807) is 26.2 Å². The zero-order chi connectivity index (χ0) is 31.7. The van der Waals surface area contributed by atoms with Gasteiger partial charge in [-0.3, -0.25) is 14.3 Å². The highest BCUT2D eigenvalue weighted by Crippen LogP contribution is 2.19. The normalized spacial score (nSPS) is 16.0. The van der Waals surface area contributed by atoms with Gasteiger partial charge in [0.25, 0.3) is 5.56 Å². The summed E-state index contributed by atoms with van der Waals surface area (Å²) in [7, 11) is 1.63. The molecule has 0 spiro atoms. The van der Waals surface area contributed by atoms with Crippen molar-refractivity contribution < 1.29 is 56.9 Å². The van der Waals surface area contributed by atoms with Crippen molar-refractivity contribution in [2.45, 2.75) is 19.3 Å². The number of aromatic nitrogens is 2. The van der Waals surface area contributed by atoms with Crippen LogP contribution < -0.4 is 11.2 Å². The molecule has 0 fully saturated rings. The minimum atomic E-state index is -0.864. The van der Waals surface area contributed by atoms with Gasteiger partial charge in [0.1, 0.15) is 19.3 Å². The first-order chi connectivity index (χ1) is 21.5. The van der Waals surface area contributed by atoms with Crippen LogP contribution in [0.4, 0.5) is 4.79 Å². The summed E-state index contributed by atoms with van der Waals surface area (Å²) in [6, 6.07) is 0. The molecule has 0 radical (unpaired) electrons. The number of methoxy groups -OCH3 is 1. The van der Waals surface area contributed by atoms with Crippen LogP contribution in [0.15, 0.2) is 27.9 Å². The molecule has 1 aliphatic rings. The molecule has 0 aliphatic carbocycles. The van der Waals surface area contributed by atoms with E-state index in [1.807, 2.05) is 0 Å². The van der Waals surface area contributed by atoms with E-state index in [-0.39, 0.29) is 19.8 Å². The standard InChI is InChI=1S/C28H46N2O14/c1-23-21-30(27(32)29-26(23)31)25-4-3-24(44-25)22-43-28(33)42-20-19-41-18-17-40-16-15-39-14-13-38-12-11-37-10-9-36-8-7-35-6-5-34-2/h3-4,21,24-25H,5-20,22H2,1-2H3,(H,29,31,32)/t24-,25+/m0/s1. The third-order valence-corrected chi connectivity index (χ3v) is 5.70. The highest BCUT2D eigenvalue weighted by Gasteiger charge is 2.23. The topological polar surface area (TPSA) is 173 Å². The van der Waals surface area contributed by atoms with E-state index in [2.05, 4.69) is 4.98 Å². The minimum absolute atomic E-state index is 0.0158. The van der Waals surface area contributed by atoms with Crippen molar-refractivity contribution in [3.63, 3.8) is 0 Å². The molecule has 0 aromatic carbocycles. The summed E-state index contributed by atoms with van der Waals surface area (Å²) in [5, 5.41) is 0. The Balaban J connectivity index is 1.28. The highest BCUT2D eigenvalue weighted by molar-refractivity contribution is 5.59. The Labute approximate surface area is 256 Å². The highest BCUT2D eigenvalue weighted by atomic mass is 16.7. The third-order valence-electron chi connectivity index (χ3n) is 5.70.